The van der Waals surface area contributed by atoms with Gasteiger partial charge in [-0.05, 0) is 57.6 Å². The molecule has 19 heavy (non-hydrogen) atoms. The lowest BCUT2D eigenvalue weighted by atomic mass is 9.88. The van der Waals surface area contributed by atoms with Gasteiger partial charge in [0.15, 0.2) is 0 Å². The van der Waals surface area contributed by atoms with Crippen LogP contribution in [0.4, 0.5) is 0 Å². The van der Waals surface area contributed by atoms with Crippen molar-refractivity contribution in [3.05, 3.63) is 54.1 Å². The summed E-state index contributed by atoms with van der Waals surface area (Å²) in [5.41, 5.74) is 1.40. The van der Waals surface area contributed by atoms with Crippen LogP contribution in [0.2, 0.25) is 0 Å². The van der Waals surface area contributed by atoms with Gasteiger partial charge < -0.3 is 5.11 Å². The highest BCUT2D eigenvalue weighted by atomic mass is 16.3. The number of phenolic OH excluding ortho intramolecular Hbond substituents is 1. The van der Waals surface area contributed by atoms with Crippen LogP contribution in [0.5, 0.6) is 5.75 Å². The van der Waals surface area contributed by atoms with Crippen LogP contribution in [-0.4, -0.2) is 5.11 Å². The molecule has 0 fully saturated rings. The molecule has 96 valence electrons. The van der Waals surface area contributed by atoms with Crippen LogP contribution in [0.15, 0.2) is 48.5 Å². The summed E-state index contributed by atoms with van der Waals surface area (Å²) >= 11 is 0. The summed E-state index contributed by atoms with van der Waals surface area (Å²) in [5, 5.41) is 14.6. The van der Waals surface area contributed by atoms with Crippen LogP contribution < -0.4 is 0 Å². The molecule has 0 aromatic heterocycles. The molecule has 1 heteroatoms. The third-order valence-corrected chi connectivity index (χ3v) is 3.99. The first-order valence-electron chi connectivity index (χ1n) is 6.85. The fourth-order valence-corrected chi connectivity index (χ4v) is 2.83. The van der Waals surface area contributed by atoms with Gasteiger partial charge in [-0.1, -0.05) is 44.2 Å². The molecule has 0 bridgehead atoms. The lowest BCUT2D eigenvalue weighted by molar-refractivity contribution is 0.476. The van der Waals surface area contributed by atoms with E-state index >= 15 is 0 Å². The van der Waals surface area contributed by atoms with E-state index in [4.69, 9.17) is 0 Å². The summed E-state index contributed by atoms with van der Waals surface area (Å²) in [6, 6.07) is 16.3. The fraction of sp³-hybridized carbons (Fsp3) is 0.222. The van der Waals surface area contributed by atoms with Gasteiger partial charge in [-0.25, -0.2) is 0 Å². The topological polar surface area (TPSA) is 20.2 Å². The second-order valence-electron chi connectivity index (χ2n) is 5.23. The lowest BCUT2D eigenvalue weighted by Crippen LogP contribution is -1.95. The van der Waals surface area contributed by atoms with E-state index in [0.717, 1.165) is 11.8 Å². The van der Waals surface area contributed by atoms with Gasteiger partial charge in [-0.3, -0.25) is 0 Å². The zero-order valence-electron chi connectivity index (χ0n) is 11.4. The second-order valence-corrected chi connectivity index (χ2v) is 5.23. The molecule has 0 amide bonds. The summed E-state index contributed by atoms with van der Waals surface area (Å²) < 4.78 is 0. The predicted molar refractivity (Wildman–Crippen MR) is 81.8 cm³/mol. The minimum absolute atomic E-state index is 0.331. The fourth-order valence-electron chi connectivity index (χ4n) is 2.83. The van der Waals surface area contributed by atoms with Crippen LogP contribution in [0.1, 0.15) is 31.7 Å². The van der Waals surface area contributed by atoms with E-state index in [1.807, 2.05) is 12.1 Å². The highest BCUT2D eigenvalue weighted by Gasteiger charge is 2.12. The maximum atomic E-state index is 9.69. The number of fused-ring (bicyclic) bond motifs is 2. The van der Waals surface area contributed by atoms with Crippen LogP contribution in [0.3, 0.4) is 0 Å². The van der Waals surface area contributed by atoms with E-state index in [1.165, 1.54) is 21.7 Å². The Balaban J connectivity index is 2.48. The van der Waals surface area contributed by atoms with Gasteiger partial charge in [-0.15, -0.1) is 0 Å². The zero-order chi connectivity index (χ0) is 13.4. The number of hydrogen-bond donors (Lipinski definition) is 1. The third-order valence-electron chi connectivity index (χ3n) is 3.99. The molecule has 1 atom stereocenters. The smallest absolute Gasteiger partial charge is 0.116 e. The predicted octanol–water partition coefficient (Wildman–Crippen LogP) is 5.21. The molecule has 1 nitrogen and oxygen atoms in total. The molecule has 3 aromatic rings. The average Bonchev–Trinajstić information content (AvgIpc) is 2.43. The molecule has 3 aromatic carbocycles. The molecule has 1 N–H and O–H groups in total. The van der Waals surface area contributed by atoms with Gasteiger partial charge in [0.1, 0.15) is 5.75 Å². The largest absolute Gasteiger partial charge is 0.508 e. The van der Waals surface area contributed by atoms with Gasteiger partial charge in [0, 0.05) is 0 Å². The molecular formula is C18H18O. The first-order chi connectivity index (χ1) is 9.20. The Morgan fingerprint density at radius 1 is 0.947 bits per heavy atom. The van der Waals surface area contributed by atoms with E-state index in [2.05, 4.69) is 44.2 Å². The van der Waals surface area contributed by atoms with Gasteiger partial charge in [0.25, 0.3) is 0 Å². The molecule has 0 aliphatic carbocycles. The normalized spacial score (nSPS) is 12.9. The van der Waals surface area contributed by atoms with Crippen molar-refractivity contribution in [3.8, 4) is 5.75 Å². The van der Waals surface area contributed by atoms with Crippen molar-refractivity contribution in [2.45, 2.75) is 26.2 Å². The molecule has 0 heterocycles. The summed E-state index contributed by atoms with van der Waals surface area (Å²) in [4.78, 5) is 0. The third kappa shape index (κ3) is 1.95. The van der Waals surface area contributed by atoms with Crippen LogP contribution in [0, 0.1) is 0 Å². The van der Waals surface area contributed by atoms with Gasteiger partial charge >= 0.3 is 0 Å². The molecule has 3 rings (SSSR count). The molecular weight excluding hydrogens is 232 g/mol. The number of aromatic hydroxyl groups is 1. The first-order valence-corrected chi connectivity index (χ1v) is 6.85. The van der Waals surface area contributed by atoms with E-state index in [1.54, 1.807) is 6.07 Å². The SMILES string of the molecule is CCC(C)c1c2ccccc2cc2cc(O)ccc12. The van der Waals surface area contributed by atoms with E-state index < -0.39 is 0 Å². The van der Waals surface area contributed by atoms with Crippen molar-refractivity contribution < 1.29 is 5.11 Å². The number of phenols is 1. The minimum Gasteiger partial charge on any atom is -0.508 e. The van der Waals surface area contributed by atoms with Crippen molar-refractivity contribution in [2.24, 2.45) is 0 Å². The van der Waals surface area contributed by atoms with E-state index in [-0.39, 0.29) is 0 Å². The molecule has 0 saturated carbocycles. The highest BCUT2D eigenvalue weighted by molar-refractivity contribution is 6.03. The number of rotatable bonds is 2. The summed E-state index contributed by atoms with van der Waals surface area (Å²) in [6.45, 7) is 4.49. The standard InChI is InChI=1S/C18H18O/c1-3-12(2)18-16-7-5-4-6-13(16)10-14-11-15(19)8-9-17(14)18/h4-12,19H,3H2,1-2H3. The Kier molecular flexibility index (Phi) is 2.90. The average molecular weight is 250 g/mol. The van der Waals surface area contributed by atoms with Crippen molar-refractivity contribution in [1.82, 2.24) is 0 Å². The zero-order valence-corrected chi connectivity index (χ0v) is 11.4. The first kappa shape index (κ1) is 12.0. The Morgan fingerprint density at radius 2 is 1.68 bits per heavy atom. The summed E-state index contributed by atoms with van der Waals surface area (Å²) in [6.07, 6.45) is 1.12. The van der Waals surface area contributed by atoms with Crippen molar-refractivity contribution in [2.75, 3.05) is 0 Å². The Hall–Kier alpha value is -2.02. The second kappa shape index (κ2) is 4.58. The highest BCUT2D eigenvalue weighted by Crippen LogP contribution is 2.36. The van der Waals surface area contributed by atoms with Crippen molar-refractivity contribution in [3.63, 3.8) is 0 Å². The Bertz CT molecular complexity index is 743. The monoisotopic (exact) mass is 250 g/mol. The summed E-state index contributed by atoms with van der Waals surface area (Å²) in [5.74, 6) is 0.844. The molecule has 0 aliphatic heterocycles. The van der Waals surface area contributed by atoms with Gasteiger partial charge in [0.05, 0.1) is 0 Å². The van der Waals surface area contributed by atoms with Crippen molar-refractivity contribution in [1.29, 1.82) is 0 Å². The number of hydrogen-bond acceptors (Lipinski definition) is 1. The van der Waals surface area contributed by atoms with Gasteiger partial charge in [0.2, 0.25) is 0 Å². The molecule has 0 spiro atoms. The lowest BCUT2D eigenvalue weighted by Gasteiger charge is -2.16. The molecule has 0 aliphatic rings. The quantitative estimate of drug-likeness (QED) is 0.619. The van der Waals surface area contributed by atoms with Crippen LogP contribution in [-0.2, 0) is 0 Å². The molecule has 1 unspecified atom stereocenters. The van der Waals surface area contributed by atoms with Crippen LogP contribution in [0.25, 0.3) is 21.5 Å². The maximum absolute atomic E-state index is 9.69. The van der Waals surface area contributed by atoms with Crippen molar-refractivity contribution >= 4 is 21.5 Å². The van der Waals surface area contributed by atoms with E-state index in [0.29, 0.717) is 11.7 Å². The molecule has 0 radical (unpaired) electrons. The Morgan fingerprint density at radius 3 is 2.47 bits per heavy atom. The Labute approximate surface area is 113 Å². The van der Waals surface area contributed by atoms with E-state index in [9.17, 15) is 5.11 Å². The molecule has 0 saturated heterocycles. The minimum atomic E-state index is 0.331. The van der Waals surface area contributed by atoms with Crippen LogP contribution >= 0.6 is 0 Å². The number of benzene rings is 3. The summed E-state index contributed by atoms with van der Waals surface area (Å²) in [7, 11) is 0. The van der Waals surface area contributed by atoms with Gasteiger partial charge in [-0.2, -0.15) is 0 Å². The maximum Gasteiger partial charge on any atom is 0.116 e.